The Morgan fingerprint density at radius 2 is 1.78 bits per heavy atom. The van der Waals surface area contributed by atoms with Gasteiger partial charge in [0.2, 0.25) is 0 Å². The van der Waals surface area contributed by atoms with Crippen molar-refractivity contribution in [1.82, 2.24) is 4.98 Å². The summed E-state index contributed by atoms with van der Waals surface area (Å²) in [4.78, 5) is 9.10. The molecule has 0 radical (unpaired) electrons. The van der Waals surface area contributed by atoms with Gasteiger partial charge in [0.05, 0.1) is 5.69 Å². The first-order valence-corrected chi connectivity index (χ1v) is 6.23. The van der Waals surface area contributed by atoms with E-state index >= 15 is 0 Å². The summed E-state index contributed by atoms with van der Waals surface area (Å²) < 4.78 is 0. The van der Waals surface area contributed by atoms with Gasteiger partial charge in [-0.05, 0) is 37.6 Å². The summed E-state index contributed by atoms with van der Waals surface area (Å²) >= 11 is 0. The Morgan fingerprint density at radius 3 is 2.56 bits per heavy atom. The van der Waals surface area contributed by atoms with Crippen molar-refractivity contribution < 1.29 is 0 Å². The minimum atomic E-state index is 0.288. The third-order valence-corrected chi connectivity index (χ3v) is 3.68. The lowest BCUT2D eigenvalue weighted by atomic mass is 10.2. The highest BCUT2D eigenvalue weighted by Crippen LogP contribution is 2.42. The maximum absolute atomic E-state index is 4.54. The van der Waals surface area contributed by atoms with Crippen molar-refractivity contribution >= 4 is 17.2 Å². The van der Waals surface area contributed by atoms with Gasteiger partial charge in [-0.3, -0.25) is 0 Å². The Balaban J connectivity index is 2.16. The Morgan fingerprint density at radius 1 is 1.06 bits per heavy atom. The lowest BCUT2D eigenvalue weighted by molar-refractivity contribution is 0.729. The standard InChI is InChI=1S/C15H17N3/c1-11-7-4-5-8-13(11)18-12(2)17(3)14-9-6-10-16-15(14)18/h4-10,12H,1-3H3/t12-/m0/s1. The van der Waals surface area contributed by atoms with Gasteiger partial charge in [-0.2, -0.15) is 0 Å². The number of rotatable bonds is 1. The second-order valence-corrected chi connectivity index (χ2v) is 4.75. The zero-order chi connectivity index (χ0) is 12.7. The topological polar surface area (TPSA) is 19.4 Å². The fraction of sp³-hybridized carbons (Fsp3) is 0.267. The molecular weight excluding hydrogens is 222 g/mol. The number of aryl methyl sites for hydroxylation is 1. The van der Waals surface area contributed by atoms with E-state index in [1.165, 1.54) is 16.9 Å². The molecule has 92 valence electrons. The van der Waals surface area contributed by atoms with Crippen molar-refractivity contribution in [3.63, 3.8) is 0 Å². The van der Waals surface area contributed by atoms with Crippen molar-refractivity contribution in [3.8, 4) is 0 Å². The normalized spacial score (nSPS) is 18.1. The van der Waals surface area contributed by atoms with Crippen molar-refractivity contribution in [2.24, 2.45) is 0 Å². The smallest absolute Gasteiger partial charge is 0.158 e. The molecule has 3 nitrogen and oxygen atoms in total. The zero-order valence-corrected chi connectivity index (χ0v) is 11.0. The van der Waals surface area contributed by atoms with E-state index in [-0.39, 0.29) is 6.17 Å². The fourth-order valence-corrected chi connectivity index (χ4v) is 2.55. The fourth-order valence-electron chi connectivity index (χ4n) is 2.55. The molecule has 0 spiro atoms. The quantitative estimate of drug-likeness (QED) is 0.761. The van der Waals surface area contributed by atoms with Crippen LogP contribution in [0.1, 0.15) is 12.5 Å². The lowest BCUT2D eigenvalue weighted by Crippen LogP contribution is -2.36. The largest absolute Gasteiger partial charge is 0.351 e. The van der Waals surface area contributed by atoms with Crippen LogP contribution in [0.4, 0.5) is 17.2 Å². The van der Waals surface area contributed by atoms with Crippen LogP contribution in [0.3, 0.4) is 0 Å². The van der Waals surface area contributed by atoms with Crippen molar-refractivity contribution in [2.75, 3.05) is 16.8 Å². The number of hydrogen-bond acceptors (Lipinski definition) is 3. The van der Waals surface area contributed by atoms with Crippen molar-refractivity contribution in [2.45, 2.75) is 20.0 Å². The molecule has 2 heterocycles. The van der Waals surface area contributed by atoms with Gasteiger partial charge >= 0.3 is 0 Å². The Kier molecular flexibility index (Phi) is 2.47. The average molecular weight is 239 g/mol. The summed E-state index contributed by atoms with van der Waals surface area (Å²) in [6.45, 7) is 4.34. The van der Waals surface area contributed by atoms with E-state index in [0.29, 0.717) is 0 Å². The molecule has 0 amide bonds. The van der Waals surface area contributed by atoms with Crippen LogP contribution in [0.25, 0.3) is 0 Å². The average Bonchev–Trinajstić information content (AvgIpc) is 2.64. The van der Waals surface area contributed by atoms with Crippen molar-refractivity contribution in [1.29, 1.82) is 0 Å². The minimum Gasteiger partial charge on any atom is -0.351 e. The molecule has 1 aromatic heterocycles. The Hall–Kier alpha value is -2.03. The number of benzene rings is 1. The van der Waals surface area contributed by atoms with E-state index in [0.717, 1.165) is 5.82 Å². The lowest BCUT2D eigenvalue weighted by Gasteiger charge is -2.28. The van der Waals surface area contributed by atoms with Gasteiger partial charge in [0.25, 0.3) is 0 Å². The summed E-state index contributed by atoms with van der Waals surface area (Å²) in [5.41, 5.74) is 3.69. The zero-order valence-electron chi connectivity index (χ0n) is 11.0. The van der Waals surface area contributed by atoms with Gasteiger partial charge in [0.1, 0.15) is 6.17 Å². The summed E-state index contributed by atoms with van der Waals surface area (Å²) in [7, 11) is 2.11. The maximum Gasteiger partial charge on any atom is 0.158 e. The molecule has 18 heavy (non-hydrogen) atoms. The Labute approximate surface area is 108 Å². The third-order valence-electron chi connectivity index (χ3n) is 3.68. The molecular formula is C15H17N3. The van der Waals surface area contributed by atoms with E-state index in [1.807, 2.05) is 12.3 Å². The van der Waals surface area contributed by atoms with Gasteiger partial charge < -0.3 is 9.80 Å². The molecule has 1 atom stereocenters. The molecule has 0 saturated carbocycles. The van der Waals surface area contributed by atoms with E-state index in [4.69, 9.17) is 0 Å². The molecule has 1 aromatic carbocycles. The van der Waals surface area contributed by atoms with Crippen LogP contribution in [0.2, 0.25) is 0 Å². The first-order valence-electron chi connectivity index (χ1n) is 6.23. The Bertz CT molecular complexity index is 579. The van der Waals surface area contributed by atoms with Gasteiger partial charge in [-0.1, -0.05) is 18.2 Å². The van der Waals surface area contributed by atoms with Crippen LogP contribution in [0, 0.1) is 6.92 Å². The van der Waals surface area contributed by atoms with Crippen LogP contribution in [0.5, 0.6) is 0 Å². The van der Waals surface area contributed by atoms with E-state index in [9.17, 15) is 0 Å². The first kappa shape index (κ1) is 11.1. The van der Waals surface area contributed by atoms with E-state index in [1.54, 1.807) is 0 Å². The number of anilines is 3. The van der Waals surface area contributed by atoms with Crippen LogP contribution in [0.15, 0.2) is 42.6 Å². The summed E-state index contributed by atoms with van der Waals surface area (Å²) in [6, 6.07) is 12.6. The number of pyridine rings is 1. The summed E-state index contributed by atoms with van der Waals surface area (Å²) in [5.74, 6) is 1.04. The maximum atomic E-state index is 4.54. The molecule has 1 aliphatic rings. The van der Waals surface area contributed by atoms with E-state index < -0.39 is 0 Å². The molecule has 0 fully saturated rings. The highest BCUT2D eigenvalue weighted by Gasteiger charge is 2.32. The highest BCUT2D eigenvalue weighted by atomic mass is 15.4. The molecule has 2 aromatic rings. The molecule has 1 aliphatic heterocycles. The molecule has 0 saturated heterocycles. The monoisotopic (exact) mass is 239 g/mol. The van der Waals surface area contributed by atoms with Crippen LogP contribution in [-0.2, 0) is 0 Å². The molecule has 0 aliphatic carbocycles. The van der Waals surface area contributed by atoms with Gasteiger partial charge in [0.15, 0.2) is 5.82 Å². The predicted molar refractivity (Wildman–Crippen MR) is 75.4 cm³/mol. The van der Waals surface area contributed by atoms with Gasteiger partial charge in [0, 0.05) is 18.9 Å². The second-order valence-electron chi connectivity index (χ2n) is 4.75. The number of para-hydroxylation sites is 1. The predicted octanol–water partition coefficient (Wildman–Crippen LogP) is 3.32. The number of fused-ring (bicyclic) bond motifs is 1. The van der Waals surface area contributed by atoms with E-state index in [2.05, 4.69) is 66.0 Å². The number of nitrogens with zero attached hydrogens (tertiary/aromatic N) is 3. The van der Waals surface area contributed by atoms with Crippen LogP contribution >= 0.6 is 0 Å². The minimum absolute atomic E-state index is 0.288. The van der Waals surface area contributed by atoms with Crippen LogP contribution < -0.4 is 9.80 Å². The summed E-state index contributed by atoms with van der Waals surface area (Å²) in [6.07, 6.45) is 2.15. The molecule has 3 rings (SSSR count). The molecule has 3 heteroatoms. The number of hydrogen-bond donors (Lipinski definition) is 0. The van der Waals surface area contributed by atoms with Gasteiger partial charge in [-0.15, -0.1) is 0 Å². The summed E-state index contributed by atoms with van der Waals surface area (Å²) in [5, 5.41) is 0. The molecule has 0 unspecified atom stereocenters. The second kappa shape index (κ2) is 4.02. The van der Waals surface area contributed by atoms with Crippen LogP contribution in [-0.4, -0.2) is 18.2 Å². The number of aromatic nitrogens is 1. The van der Waals surface area contributed by atoms with Crippen molar-refractivity contribution in [3.05, 3.63) is 48.2 Å². The van der Waals surface area contributed by atoms with Gasteiger partial charge in [-0.25, -0.2) is 4.98 Å². The highest BCUT2D eigenvalue weighted by molar-refractivity contribution is 5.81. The third kappa shape index (κ3) is 1.47. The molecule has 0 N–H and O–H groups in total. The first-order chi connectivity index (χ1) is 8.70. The SMILES string of the molecule is Cc1ccccc1N1c2ncccc2N(C)[C@@H]1C. The molecule has 0 bridgehead atoms.